The maximum absolute atomic E-state index is 12.1. The van der Waals surface area contributed by atoms with Crippen molar-refractivity contribution in [1.29, 1.82) is 0 Å². The highest BCUT2D eigenvalue weighted by atomic mass is 16.5. The minimum absolute atomic E-state index is 0.0481. The molecule has 23 heavy (non-hydrogen) atoms. The number of carbonyl (C=O) groups excluding carboxylic acids is 1. The minimum atomic E-state index is -0.0481. The fourth-order valence-electron chi connectivity index (χ4n) is 2.22. The summed E-state index contributed by atoms with van der Waals surface area (Å²) in [6, 6.07) is 13.1. The van der Waals surface area contributed by atoms with Gasteiger partial charge in [0.05, 0.1) is 27.8 Å². The molecular weight excluding hydrogens is 294 g/mol. The van der Waals surface area contributed by atoms with E-state index in [-0.39, 0.29) is 5.91 Å². The van der Waals surface area contributed by atoms with Gasteiger partial charge in [0.1, 0.15) is 5.75 Å². The summed E-state index contributed by atoms with van der Waals surface area (Å²) in [4.78, 5) is 12.1. The largest absolute Gasteiger partial charge is 0.497 e. The third kappa shape index (κ3) is 4.64. The second kappa shape index (κ2) is 8.08. The van der Waals surface area contributed by atoms with E-state index in [2.05, 4.69) is 5.32 Å². The van der Waals surface area contributed by atoms with Gasteiger partial charge in [-0.1, -0.05) is 18.2 Å². The lowest BCUT2D eigenvalue weighted by Gasteiger charge is -2.10. The number of rotatable bonds is 7. The Labute approximate surface area is 136 Å². The first-order chi connectivity index (χ1) is 11.2. The number of hydrogen-bond acceptors (Lipinski definition) is 4. The van der Waals surface area contributed by atoms with E-state index in [9.17, 15) is 4.79 Å². The molecule has 5 heteroatoms. The Morgan fingerprint density at radius 3 is 2.39 bits per heavy atom. The van der Waals surface area contributed by atoms with E-state index in [4.69, 9.17) is 14.2 Å². The maximum atomic E-state index is 12.1. The molecule has 0 unspecified atom stereocenters. The van der Waals surface area contributed by atoms with Crippen molar-refractivity contribution in [1.82, 2.24) is 5.32 Å². The van der Waals surface area contributed by atoms with E-state index in [1.54, 1.807) is 21.3 Å². The van der Waals surface area contributed by atoms with Gasteiger partial charge in [0.15, 0.2) is 11.5 Å². The highest BCUT2D eigenvalue weighted by molar-refractivity contribution is 5.78. The fourth-order valence-corrected chi connectivity index (χ4v) is 2.22. The highest BCUT2D eigenvalue weighted by Crippen LogP contribution is 2.27. The molecule has 0 fully saturated rings. The summed E-state index contributed by atoms with van der Waals surface area (Å²) < 4.78 is 15.6. The lowest BCUT2D eigenvalue weighted by molar-refractivity contribution is -0.120. The monoisotopic (exact) mass is 315 g/mol. The quantitative estimate of drug-likeness (QED) is 0.853. The summed E-state index contributed by atoms with van der Waals surface area (Å²) in [5.74, 6) is 2.01. The first kappa shape index (κ1) is 16.7. The van der Waals surface area contributed by atoms with Crippen molar-refractivity contribution in [2.75, 3.05) is 21.3 Å². The molecule has 0 aromatic heterocycles. The first-order valence-electron chi connectivity index (χ1n) is 7.26. The van der Waals surface area contributed by atoms with Crippen LogP contribution in [0.3, 0.4) is 0 Å². The van der Waals surface area contributed by atoms with Crippen LogP contribution < -0.4 is 19.5 Å². The number of amides is 1. The normalized spacial score (nSPS) is 10.0. The molecule has 0 aliphatic carbocycles. The minimum Gasteiger partial charge on any atom is -0.497 e. The summed E-state index contributed by atoms with van der Waals surface area (Å²) in [5.41, 5.74) is 1.86. The number of carbonyl (C=O) groups is 1. The standard InChI is InChI=1S/C18H21NO4/c1-21-15-6-4-5-13(9-15)11-18(20)19-12-14-7-8-16(22-2)17(10-14)23-3/h4-10H,11-12H2,1-3H3,(H,19,20). The second-order valence-electron chi connectivity index (χ2n) is 4.99. The molecule has 0 aliphatic heterocycles. The Morgan fingerprint density at radius 2 is 1.70 bits per heavy atom. The van der Waals surface area contributed by atoms with E-state index >= 15 is 0 Å². The van der Waals surface area contributed by atoms with E-state index in [1.807, 2.05) is 42.5 Å². The Bertz CT molecular complexity index is 670. The van der Waals surface area contributed by atoms with Crippen LogP contribution in [-0.4, -0.2) is 27.2 Å². The van der Waals surface area contributed by atoms with Crippen molar-refractivity contribution in [2.24, 2.45) is 0 Å². The van der Waals surface area contributed by atoms with Crippen LogP contribution >= 0.6 is 0 Å². The molecule has 0 aliphatic rings. The summed E-state index contributed by atoms with van der Waals surface area (Å²) in [6.07, 6.45) is 0.310. The number of ether oxygens (including phenoxy) is 3. The molecule has 0 radical (unpaired) electrons. The predicted octanol–water partition coefficient (Wildman–Crippen LogP) is 2.57. The van der Waals surface area contributed by atoms with Crippen LogP contribution in [0.15, 0.2) is 42.5 Å². The van der Waals surface area contributed by atoms with Crippen molar-refractivity contribution in [3.63, 3.8) is 0 Å². The summed E-state index contributed by atoms with van der Waals surface area (Å²) >= 11 is 0. The van der Waals surface area contributed by atoms with Gasteiger partial charge in [0.2, 0.25) is 5.91 Å². The Kier molecular flexibility index (Phi) is 5.86. The zero-order valence-corrected chi connectivity index (χ0v) is 13.6. The van der Waals surface area contributed by atoms with Crippen LogP contribution in [0, 0.1) is 0 Å². The van der Waals surface area contributed by atoms with Crippen molar-refractivity contribution in [3.8, 4) is 17.2 Å². The Balaban J connectivity index is 1.93. The number of benzene rings is 2. The van der Waals surface area contributed by atoms with Crippen LogP contribution in [0.1, 0.15) is 11.1 Å². The maximum Gasteiger partial charge on any atom is 0.224 e. The second-order valence-corrected chi connectivity index (χ2v) is 4.99. The number of nitrogens with one attached hydrogen (secondary N) is 1. The molecule has 122 valence electrons. The van der Waals surface area contributed by atoms with Crippen LogP contribution in [0.4, 0.5) is 0 Å². The lowest BCUT2D eigenvalue weighted by atomic mass is 10.1. The molecule has 1 amide bonds. The molecule has 0 saturated heterocycles. The molecule has 0 heterocycles. The average molecular weight is 315 g/mol. The van der Waals surface area contributed by atoms with Gasteiger partial charge in [-0.3, -0.25) is 4.79 Å². The van der Waals surface area contributed by atoms with Gasteiger partial charge in [0, 0.05) is 6.54 Å². The van der Waals surface area contributed by atoms with Gasteiger partial charge in [0.25, 0.3) is 0 Å². The molecule has 0 spiro atoms. The zero-order valence-electron chi connectivity index (χ0n) is 13.6. The smallest absolute Gasteiger partial charge is 0.224 e. The number of methoxy groups -OCH3 is 3. The lowest BCUT2D eigenvalue weighted by Crippen LogP contribution is -2.24. The average Bonchev–Trinajstić information content (AvgIpc) is 2.59. The Hall–Kier alpha value is -2.69. The molecule has 2 rings (SSSR count). The molecule has 2 aromatic carbocycles. The fraction of sp³-hybridized carbons (Fsp3) is 0.278. The third-order valence-electron chi connectivity index (χ3n) is 3.44. The van der Waals surface area contributed by atoms with E-state index < -0.39 is 0 Å². The summed E-state index contributed by atoms with van der Waals surface area (Å²) in [6.45, 7) is 0.434. The van der Waals surface area contributed by atoms with Crippen LogP contribution in [0.25, 0.3) is 0 Å². The highest BCUT2D eigenvalue weighted by Gasteiger charge is 2.07. The SMILES string of the molecule is COc1cccc(CC(=O)NCc2ccc(OC)c(OC)c2)c1. The van der Waals surface area contributed by atoms with Crippen LogP contribution in [0.5, 0.6) is 17.2 Å². The first-order valence-corrected chi connectivity index (χ1v) is 7.26. The van der Waals surface area contributed by atoms with Crippen LogP contribution in [0.2, 0.25) is 0 Å². The predicted molar refractivity (Wildman–Crippen MR) is 88.1 cm³/mol. The van der Waals surface area contributed by atoms with Crippen molar-refractivity contribution in [3.05, 3.63) is 53.6 Å². The molecule has 5 nitrogen and oxygen atoms in total. The van der Waals surface area contributed by atoms with Crippen molar-refractivity contribution < 1.29 is 19.0 Å². The topological polar surface area (TPSA) is 56.8 Å². The van der Waals surface area contributed by atoms with Gasteiger partial charge in [-0.05, 0) is 35.4 Å². The van der Waals surface area contributed by atoms with Gasteiger partial charge >= 0.3 is 0 Å². The molecule has 0 bridgehead atoms. The zero-order chi connectivity index (χ0) is 16.7. The summed E-state index contributed by atoms with van der Waals surface area (Å²) in [7, 11) is 4.78. The van der Waals surface area contributed by atoms with Crippen LogP contribution in [-0.2, 0) is 17.8 Å². The van der Waals surface area contributed by atoms with Gasteiger partial charge in [-0.2, -0.15) is 0 Å². The van der Waals surface area contributed by atoms with Crippen molar-refractivity contribution >= 4 is 5.91 Å². The van der Waals surface area contributed by atoms with Crippen molar-refractivity contribution in [2.45, 2.75) is 13.0 Å². The molecule has 0 saturated carbocycles. The van der Waals surface area contributed by atoms with Gasteiger partial charge < -0.3 is 19.5 Å². The van der Waals surface area contributed by atoms with Gasteiger partial charge in [-0.25, -0.2) is 0 Å². The molecule has 2 aromatic rings. The van der Waals surface area contributed by atoms with Gasteiger partial charge in [-0.15, -0.1) is 0 Å². The van der Waals surface area contributed by atoms with E-state index in [0.717, 1.165) is 16.9 Å². The van der Waals surface area contributed by atoms with E-state index in [1.165, 1.54) is 0 Å². The number of hydrogen-bond donors (Lipinski definition) is 1. The Morgan fingerprint density at radius 1 is 0.913 bits per heavy atom. The third-order valence-corrected chi connectivity index (χ3v) is 3.44. The molecular formula is C18H21NO4. The molecule has 1 N–H and O–H groups in total. The van der Waals surface area contributed by atoms with E-state index in [0.29, 0.717) is 24.5 Å². The molecule has 0 atom stereocenters. The summed E-state index contributed by atoms with van der Waals surface area (Å²) in [5, 5.41) is 2.90.